The Balaban J connectivity index is 1.75. The van der Waals surface area contributed by atoms with E-state index >= 15 is 0 Å². The fourth-order valence-corrected chi connectivity index (χ4v) is 3.05. The predicted octanol–water partition coefficient (Wildman–Crippen LogP) is 2.97. The molecule has 7 nitrogen and oxygen atoms in total. The maximum absolute atomic E-state index is 13.0. The van der Waals surface area contributed by atoms with Gasteiger partial charge in [-0.05, 0) is 24.3 Å². The minimum Gasteiger partial charge on any atom is -0.481 e. The lowest BCUT2D eigenvalue weighted by Crippen LogP contribution is -2.35. The van der Waals surface area contributed by atoms with E-state index in [0.717, 1.165) is 4.90 Å². The number of carboxylic acids is 1. The first-order chi connectivity index (χ1) is 12.7. The van der Waals surface area contributed by atoms with Crippen molar-refractivity contribution in [3.05, 3.63) is 30.3 Å². The summed E-state index contributed by atoms with van der Waals surface area (Å²) in [6, 6.07) is 7.39. The summed E-state index contributed by atoms with van der Waals surface area (Å²) in [5.74, 6) is -4.91. The number of aromatic nitrogens is 1. The van der Waals surface area contributed by atoms with Gasteiger partial charge in [-0.2, -0.15) is 13.2 Å². The lowest BCUT2D eigenvalue weighted by atomic mass is 9.96. The van der Waals surface area contributed by atoms with Crippen LogP contribution in [0, 0.1) is 11.8 Å². The highest BCUT2D eigenvalue weighted by Crippen LogP contribution is 2.38. The Hall–Kier alpha value is -3.04. The number of alkyl halides is 3. The molecule has 2 aromatic rings. The van der Waals surface area contributed by atoms with Gasteiger partial charge < -0.3 is 20.1 Å². The molecule has 0 spiro atoms. The molecule has 1 fully saturated rings. The van der Waals surface area contributed by atoms with Crippen LogP contribution in [-0.4, -0.2) is 53.4 Å². The number of benzene rings is 1. The van der Waals surface area contributed by atoms with Crippen LogP contribution < -0.4 is 10.1 Å². The number of aliphatic carboxylic acids is 1. The summed E-state index contributed by atoms with van der Waals surface area (Å²) in [5, 5.41) is 12.2. The van der Waals surface area contributed by atoms with E-state index in [1.165, 1.54) is 7.11 Å². The number of amides is 2. The average molecular weight is 383 g/mol. The number of hydrogen-bond donors (Lipinski definition) is 2. The van der Waals surface area contributed by atoms with Crippen molar-refractivity contribution >= 4 is 28.6 Å². The Morgan fingerprint density at radius 1 is 1.26 bits per heavy atom. The summed E-state index contributed by atoms with van der Waals surface area (Å²) in [5.41, 5.74) is 0.985. The van der Waals surface area contributed by atoms with Crippen molar-refractivity contribution in [2.24, 2.45) is 11.8 Å². The number of halogens is 3. The highest BCUT2D eigenvalue weighted by atomic mass is 19.4. The molecule has 0 unspecified atom stereocenters. The second kappa shape index (κ2) is 6.93. The van der Waals surface area contributed by atoms with Gasteiger partial charge in [-0.3, -0.25) is 4.79 Å². The van der Waals surface area contributed by atoms with Gasteiger partial charge in [-0.25, -0.2) is 9.78 Å². The first kappa shape index (κ1) is 18.7. The molecule has 1 saturated heterocycles. The molecular weight excluding hydrogens is 367 g/mol. The molecule has 1 aromatic carbocycles. The smallest absolute Gasteiger partial charge is 0.394 e. The number of rotatable bonds is 3. The third-order valence-corrected chi connectivity index (χ3v) is 4.47. The van der Waals surface area contributed by atoms with Gasteiger partial charge in [0.1, 0.15) is 0 Å². The van der Waals surface area contributed by atoms with E-state index in [4.69, 9.17) is 9.84 Å². The fourth-order valence-electron chi connectivity index (χ4n) is 3.05. The number of ether oxygens (including phenoxy) is 1. The standard InChI is InChI=1S/C17H16F3N3O4/c1-27-14-5-2-9-6-10(3-4-13(9)22-14)21-16(26)23-7-11(15(24)25)12(8-23)17(18,19)20/h2-6,11-12H,7-8H2,1H3,(H,21,26)(H,24,25)/t11-,12-/m1/s1. The van der Waals surface area contributed by atoms with Gasteiger partial charge in [0.15, 0.2) is 0 Å². The molecule has 0 bridgehead atoms. The molecule has 0 radical (unpaired) electrons. The van der Waals surface area contributed by atoms with Crippen molar-refractivity contribution in [1.82, 2.24) is 9.88 Å². The number of carbonyl (C=O) groups excluding carboxylic acids is 1. The van der Waals surface area contributed by atoms with Crippen LogP contribution in [0.15, 0.2) is 30.3 Å². The molecule has 0 aliphatic carbocycles. The number of hydrogen-bond acceptors (Lipinski definition) is 4. The van der Waals surface area contributed by atoms with E-state index in [1.54, 1.807) is 30.3 Å². The van der Waals surface area contributed by atoms with Crippen molar-refractivity contribution < 1.29 is 32.6 Å². The first-order valence-corrected chi connectivity index (χ1v) is 7.99. The van der Waals surface area contributed by atoms with Crippen molar-refractivity contribution in [2.45, 2.75) is 6.18 Å². The number of urea groups is 1. The summed E-state index contributed by atoms with van der Waals surface area (Å²) >= 11 is 0. The lowest BCUT2D eigenvalue weighted by Gasteiger charge is -2.18. The fraction of sp³-hybridized carbons (Fsp3) is 0.353. The minimum absolute atomic E-state index is 0.363. The third-order valence-electron chi connectivity index (χ3n) is 4.47. The topological polar surface area (TPSA) is 91.8 Å². The zero-order valence-corrected chi connectivity index (χ0v) is 14.2. The summed E-state index contributed by atoms with van der Waals surface area (Å²) in [4.78, 5) is 28.5. The Morgan fingerprint density at radius 2 is 2.00 bits per heavy atom. The van der Waals surface area contributed by atoms with Gasteiger partial charge in [-0.15, -0.1) is 0 Å². The SMILES string of the molecule is COc1ccc2cc(NC(=O)N3C[C@@H](C(F)(F)F)[C@H](C(=O)O)C3)ccc2n1. The molecule has 27 heavy (non-hydrogen) atoms. The third kappa shape index (κ3) is 3.88. The van der Waals surface area contributed by atoms with E-state index in [2.05, 4.69) is 10.3 Å². The van der Waals surface area contributed by atoms with E-state index in [0.29, 0.717) is 22.5 Å². The number of nitrogens with zero attached hydrogens (tertiary/aromatic N) is 2. The number of carboxylic acid groups (broad SMARTS) is 1. The van der Waals surface area contributed by atoms with Crippen LogP contribution in [-0.2, 0) is 4.79 Å². The van der Waals surface area contributed by atoms with Crippen LogP contribution >= 0.6 is 0 Å². The van der Waals surface area contributed by atoms with Crippen molar-refractivity contribution in [2.75, 3.05) is 25.5 Å². The summed E-state index contributed by atoms with van der Waals surface area (Å²) < 4.78 is 44.1. The second-order valence-electron chi connectivity index (χ2n) is 6.19. The maximum atomic E-state index is 13.0. The Labute approximate surface area is 151 Å². The van der Waals surface area contributed by atoms with Crippen LogP contribution in [0.1, 0.15) is 0 Å². The maximum Gasteiger partial charge on any atom is 0.394 e. The highest BCUT2D eigenvalue weighted by molar-refractivity contribution is 5.93. The predicted molar refractivity (Wildman–Crippen MR) is 89.6 cm³/mol. The summed E-state index contributed by atoms with van der Waals surface area (Å²) in [6.07, 6.45) is -4.69. The van der Waals surface area contributed by atoms with Gasteiger partial charge in [-0.1, -0.05) is 0 Å². The summed E-state index contributed by atoms with van der Waals surface area (Å²) in [6.45, 7) is -1.20. The van der Waals surface area contributed by atoms with Crippen LogP contribution in [0.25, 0.3) is 10.9 Å². The first-order valence-electron chi connectivity index (χ1n) is 7.99. The van der Waals surface area contributed by atoms with Crippen molar-refractivity contribution in [3.8, 4) is 5.88 Å². The van der Waals surface area contributed by atoms with Crippen LogP contribution in [0.2, 0.25) is 0 Å². The number of likely N-dealkylation sites (tertiary alicyclic amines) is 1. The molecule has 1 aliphatic heterocycles. The molecule has 2 heterocycles. The normalized spacial score (nSPS) is 19.9. The Bertz CT molecular complexity index is 887. The number of pyridine rings is 1. The zero-order valence-electron chi connectivity index (χ0n) is 14.2. The van der Waals surface area contributed by atoms with Gasteiger partial charge in [0, 0.05) is 30.2 Å². The largest absolute Gasteiger partial charge is 0.481 e. The number of carbonyl (C=O) groups is 2. The van der Waals surface area contributed by atoms with Gasteiger partial charge >= 0.3 is 18.2 Å². The molecule has 0 saturated carbocycles. The highest BCUT2D eigenvalue weighted by Gasteiger charge is 2.53. The minimum atomic E-state index is -4.69. The molecule has 1 aliphatic rings. The number of fused-ring (bicyclic) bond motifs is 1. The summed E-state index contributed by atoms with van der Waals surface area (Å²) in [7, 11) is 1.48. The second-order valence-corrected chi connectivity index (χ2v) is 6.19. The molecule has 1 aromatic heterocycles. The van der Waals surface area contributed by atoms with E-state index < -0.39 is 43.1 Å². The molecule has 2 N–H and O–H groups in total. The van der Waals surface area contributed by atoms with Crippen LogP contribution in [0.3, 0.4) is 0 Å². The zero-order chi connectivity index (χ0) is 19.8. The van der Waals surface area contributed by atoms with Crippen LogP contribution in [0.4, 0.5) is 23.7 Å². The van der Waals surface area contributed by atoms with E-state index in [1.807, 2.05) is 0 Å². The number of methoxy groups -OCH3 is 1. The van der Waals surface area contributed by atoms with Gasteiger partial charge in [0.05, 0.1) is 24.5 Å². The van der Waals surface area contributed by atoms with Gasteiger partial charge in [0.2, 0.25) is 5.88 Å². The Kier molecular flexibility index (Phi) is 4.81. The molecule has 10 heteroatoms. The van der Waals surface area contributed by atoms with Crippen LogP contribution in [0.5, 0.6) is 5.88 Å². The van der Waals surface area contributed by atoms with Crippen molar-refractivity contribution in [1.29, 1.82) is 0 Å². The molecule has 144 valence electrons. The lowest BCUT2D eigenvalue weighted by molar-refractivity contribution is -0.187. The quantitative estimate of drug-likeness (QED) is 0.850. The van der Waals surface area contributed by atoms with Gasteiger partial charge in [0.25, 0.3) is 0 Å². The van der Waals surface area contributed by atoms with E-state index in [9.17, 15) is 22.8 Å². The monoisotopic (exact) mass is 383 g/mol. The average Bonchev–Trinajstić information content (AvgIpc) is 3.07. The molecule has 2 atom stereocenters. The Morgan fingerprint density at radius 3 is 2.59 bits per heavy atom. The van der Waals surface area contributed by atoms with Crippen molar-refractivity contribution in [3.63, 3.8) is 0 Å². The number of nitrogens with one attached hydrogen (secondary N) is 1. The molecular formula is C17H16F3N3O4. The molecule has 3 rings (SSSR count). The van der Waals surface area contributed by atoms with E-state index in [-0.39, 0.29) is 0 Å². The number of anilines is 1. The molecule has 2 amide bonds.